The van der Waals surface area contributed by atoms with Gasteiger partial charge in [-0.3, -0.25) is 9.59 Å². The standard InChI is InChI=1S/C12H21N5O3/c1-5-17(9(2)6-15(3)4)12(20)10-7-16(14-13-10)8-11(18)19/h7,9H,5-6,8H2,1-4H3,(H,18,19). The Bertz CT molecular complexity index is 471. The second kappa shape index (κ2) is 6.99. The van der Waals surface area contributed by atoms with Gasteiger partial charge in [0.2, 0.25) is 0 Å². The normalized spacial score (nSPS) is 12.4. The third-order valence-corrected chi connectivity index (χ3v) is 2.82. The third-order valence-electron chi connectivity index (χ3n) is 2.82. The van der Waals surface area contributed by atoms with Gasteiger partial charge in [-0.25, -0.2) is 4.68 Å². The molecule has 1 N–H and O–H groups in total. The molecule has 1 rings (SSSR count). The van der Waals surface area contributed by atoms with Gasteiger partial charge in [0.15, 0.2) is 5.69 Å². The fraction of sp³-hybridized carbons (Fsp3) is 0.667. The van der Waals surface area contributed by atoms with Gasteiger partial charge in [-0.1, -0.05) is 5.21 Å². The van der Waals surface area contributed by atoms with Gasteiger partial charge in [0, 0.05) is 19.1 Å². The van der Waals surface area contributed by atoms with Crippen LogP contribution in [-0.2, 0) is 11.3 Å². The van der Waals surface area contributed by atoms with Crippen LogP contribution in [0.5, 0.6) is 0 Å². The molecule has 0 radical (unpaired) electrons. The Morgan fingerprint density at radius 2 is 2.10 bits per heavy atom. The van der Waals surface area contributed by atoms with E-state index in [9.17, 15) is 9.59 Å². The number of carboxylic acid groups (broad SMARTS) is 1. The van der Waals surface area contributed by atoms with Crippen molar-refractivity contribution in [3.63, 3.8) is 0 Å². The minimum atomic E-state index is -1.03. The number of carboxylic acids is 1. The van der Waals surface area contributed by atoms with E-state index in [1.54, 1.807) is 4.90 Å². The van der Waals surface area contributed by atoms with Crippen LogP contribution >= 0.6 is 0 Å². The summed E-state index contributed by atoms with van der Waals surface area (Å²) in [5.74, 6) is -1.26. The van der Waals surface area contributed by atoms with E-state index >= 15 is 0 Å². The third kappa shape index (κ3) is 4.30. The number of carbonyl (C=O) groups excluding carboxylic acids is 1. The molecule has 0 aromatic carbocycles. The molecule has 1 heterocycles. The Labute approximate surface area is 118 Å². The lowest BCUT2D eigenvalue weighted by Gasteiger charge is -2.29. The SMILES string of the molecule is CCN(C(=O)c1cn(CC(=O)O)nn1)C(C)CN(C)C. The highest BCUT2D eigenvalue weighted by Crippen LogP contribution is 2.07. The second-order valence-electron chi connectivity index (χ2n) is 4.90. The van der Waals surface area contributed by atoms with E-state index in [2.05, 4.69) is 10.3 Å². The quantitative estimate of drug-likeness (QED) is 0.743. The van der Waals surface area contributed by atoms with Crippen molar-refractivity contribution in [1.29, 1.82) is 0 Å². The Balaban J connectivity index is 2.80. The summed E-state index contributed by atoms with van der Waals surface area (Å²) in [6.45, 7) is 4.84. The molecule has 0 saturated heterocycles. The first-order valence-corrected chi connectivity index (χ1v) is 6.42. The summed E-state index contributed by atoms with van der Waals surface area (Å²) >= 11 is 0. The maximum atomic E-state index is 12.3. The average Bonchev–Trinajstić information content (AvgIpc) is 2.76. The predicted octanol–water partition coefficient (Wildman–Crippen LogP) is -0.225. The number of aliphatic carboxylic acids is 1. The summed E-state index contributed by atoms with van der Waals surface area (Å²) in [5.41, 5.74) is 0.165. The molecule has 0 bridgehead atoms. The minimum absolute atomic E-state index is 0.0344. The molecule has 0 aliphatic heterocycles. The molecular formula is C12H21N5O3. The first-order valence-electron chi connectivity index (χ1n) is 6.42. The van der Waals surface area contributed by atoms with Crippen molar-refractivity contribution >= 4 is 11.9 Å². The summed E-state index contributed by atoms with van der Waals surface area (Å²) in [6, 6.07) is 0.0344. The number of aromatic nitrogens is 3. The molecule has 1 aromatic rings. The van der Waals surface area contributed by atoms with E-state index < -0.39 is 5.97 Å². The van der Waals surface area contributed by atoms with Crippen molar-refractivity contribution < 1.29 is 14.7 Å². The Morgan fingerprint density at radius 1 is 1.45 bits per heavy atom. The van der Waals surface area contributed by atoms with Crippen LogP contribution in [0.15, 0.2) is 6.20 Å². The number of hydrogen-bond acceptors (Lipinski definition) is 5. The summed E-state index contributed by atoms with van der Waals surface area (Å²) in [5, 5.41) is 16.1. The number of carbonyl (C=O) groups is 2. The van der Waals surface area contributed by atoms with Gasteiger partial charge in [-0.2, -0.15) is 0 Å². The fourth-order valence-electron chi connectivity index (χ4n) is 2.04. The molecule has 0 aliphatic carbocycles. The Kier molecular flexibility index (Phi) is 5.63. The average molecular weight is 283 g/mol. The zero-order valence-electron chi connectivity index (χ0n) is 12.3. The highest BCUT2D eigenvalue weighted by atomic mass is 16.4. The maximum Gasteiger partial charge on any atom is 0.325 e. The molecular weight excluding hydrogens is 262 g/mol. The minimum Gasteiger partial charge on any atom is -0.480 e. The molecule has 1 aromatic heterocycles. The van der Waals surface area contributed by atoms with Crippen LogP contribution in [-0.4, -0.2) is 75.0 Å². The lowest BCUT2D eigenvalue weighted by atomic mass is 10.2. The molecule has 112 valence electrons. The molecule has 0 aliphatic rings. The Hall–Kier alpha value is -1.96. The van der Waals surface area contributed by atoms with Gasteiger partial charge in [-0.15, -0.1) is 5.10 Å². The zero-order chi connectivity index (χ0) is 15.3. The smallest absolute Gasteiger partial charge is 0.325 e. The molecule has 1 unspecified atom stereocenters. The van der Waals surface area contributed by atoms with Crippen molar-refractivity contribution in [3.05, 3.63) is 11.9 Å². The molecule has 8 heteroatoms. The lowest BCUT2D eigenvalue weighted by Crippen LogP contribution is -2.43. The summed E-state index contributed by atoms with van der Waals surface area (Å²) in [6.07, 6.45) is 1.36. The molecule has 8 nitrogen and oxygen atoms in total. The summed E-state index contributed by atoms with van der Waals surface area (Å²) < 4.78 is 1.14. The van der Waals surface area contributed by atoms with Crippen LogP contribution in [0.25, 0.3) is 0 Å². The van der Waals surface area contributed by atoms with E-state index in [1.807, 2.05) is 32.8 Å². The number of hydrogen-bond donors (Lipinski definition) is 1. The van der Waals surface area contributed by atoms with Gasteiger partial charge < -0.3 is 14.9 Å². The molecule has 20 heavy (non-hydrogen) atoms. The second-order valence-corrected chi connectivity index (χ2v) is 4.90. The maximum absolute atomic E-state index is 12.3. The molecule has 1 amide bonds. The van der Waals surface area contributed by atoms with Crippen molar-refractivity contribution in [1.82, 2.24) is 24.8 Å². The van der Waals surface area contributed by atoms with Gasteiger partial charge in [-0.05, 0) is 27.9 Å². The summed E-state index contributed by atoms with van der Waals surface area (Å²) in [7, 11) is 3.88. The van der Waals surface area contributed by atoms with E-state index in [1.165, 1.54) is 6.20 Å². The fourth-order valence-corrected chi connectivity index (χ4v) is 2.04. The van der Waals surface area contributed by atoms with Crippen molar-refractivity contribution in [2.24, 2.45) is 0 Å². The predicted molar refractivity (Wildman–Crippen MR) is 72.4 cm³/mol. The molecule has 0 saturated carbocycles. The van der Waals surface area contributed by atoms with Gasteiger partial charge in [0.1, 0.15) is 6.54 Å². The van der Waals surface area contributed by atoms with Crippen molar-refractivity contribution in [3.8, 4) is 0 Å². The zero-order valence-corrected chi connectivity index (χ0v) is 12.3. The Morgan fingerprint density at radius 3 is 2.60 bits per heavy atom. The highest BCUT2D eigenvalue weighted by Gasteiger charge is 2.23. The largest absolute Gasteiger partial charge is 0.480 e. The first-order chi connectivity index (χ1) is 9.35. The van der Waals surface area contributed by atoms with Crippen molar-refractivity contribution in [2.75, 3.05) is 27.2 Å². The van der Waals surface area contributed by atoms with Gasteiger partial charge in [0.05, 0.1) is 6.20 Å². The van der Waals surface area contributed by atoms with Crippen LogP contribution in [0, 0.1) is 0 Å². The number of nitrogens with zero attached hydrogens (tertiary/aromatic N) is 5. The van der Waals surface area contributed by atoms with Crippen LogP contribution in [0.4, 0.5) is 0 Å². The number of likely N-dealkylation sites (N-methyl/N-ethyl adjacent to an activating group) is 2. The van der Waals surface area contributed by atoms with E-state index in [0.29, 0.717) is 6.54 Å². The summed E-state index contributed by atoms with van der Waals surface area (Å²) in [4.78, 5) is 26.6. The van der Waals surface area contributed by atoms with Gasteiger partial charge in [0.25, 0.3) is 5.91 Å². The molecule has 0 fully saturated rings. The highest BCUT2D eigenvalue weighted by molar-refractivity contribution is 5.92. The number of amides is 1. The number of rotatable bonds is 7. The van der Waals surface area contributed by atoms with Crippen LogP contribution in [0.2, 0.25) is 0 Å². The monoisotopic (exact) mass is 283 g/mol. The van der Waals surface area contributed by atoms with E-state index in [0.717, 1.165) is 11.2 Å². The van der Waals surface area contributed by atoms with Crippen LogP contribution < -0.4 is 0 Å². The van der Waals surface area contributed by atoms with Crippen LogP contribution in [0.3, 0.4) is 0 Å². The molecule has 0 spiro atoms. The van der Waals surface area contributed by atoms with Gasteiger partial charge >= 0.3 is 5.97 Å². The van der Waals surface area contributed by atoms with Crippen LogP contribution in [0.1, 0.15) is 24.3 Å². The molecule has 1 atom stereocenters. The first kappa shape index (κ1) is 16.1. The van der Waals surface area contributed by atoms with Crippen molar-refractivity contribution in [2.45, 2.75) is 26.4 Å². The van der Waals surface area contributed by atoms with E-state index in [4.69, 9.17) is 5.11 Å². The lowest BCUT2D eigenvalue weighted by molar-refractivity contribution is -0.137. The van der Waals surface area contributed by atoms with E-state index in [-0.39, 0.29) is 24.2 Å². The topological polar surface area (TPSA) is 91.6 Å².